The Morgan fingerprint density at radius 2 is 1.86 bits per heavy atom. The van der Waals surface area contributed by atoms with Gasteiger partial charge in [-0.2, -0.15) is 0 Å². The Hall–Kier alpha value is -2.75. The van der Waals surface area contributed by atoms with Gasteiger partial charge in [-0.05, 0) is 47.9 Å². The van der Waals surface area contributed by atoms with E-state index in [9.17, 15) is 9.90 Å². The summed E-state index contributed by atoms with van der Waals surface area (Å²) in [5, 5.41) is 12.3. The van der Waals surface area contributed by atoms with Crippen LogP contribution in [0.1, 0.15) is 16.7 Å². The van der Waals surface area contributed by atoms with Gasteiger partial charge in [-0.3, -0.25) is 4.79 Å². The fourth-order valence-corrected chi connectivity index (χ4v) is 2.18. The highest BCUT2D eigenvalue weighted by molar-refractivity contribution is 5.95. The van der Waals surface area contributed by atoms with E-state index >= 15 is 0 Å². The van der Waals surface area contributed by atoms with E-state index in [2.05, 4.69) is 5.32 Å². The monoisotopic (exact) mass is 281 g/mol. The molecule has 0 aromatic heterocycles. The highest BCUT2D eigenvalue weighted by Gasteiger charge is 2.15. The Balaban J connectivity index is 1.84. The number of hydrogen-bond acceptors (Lipinski definition) is 3. The molecule has 4 nitrogen and oxygen atoms in total. The van der Waals surface area contributed by atoms with Crippen LogP contribution in [0.15, 0.2) is 36.4 Å². The van der Waals surface area contributed by atoms with Crippen LogP contribution in [0.3, 0.4) is 0 Å². The van der Waals surface area contributed by atoms with Gasteiger partial charge in [0, 0.05) is 0 Å². The molecule has 2 aromatic carbocycles. The highest BCUT2D eigenvalue weighted by Crippen LogP contribution is 2.29. The number of nitrogens with one attached hydrogen (secondary N) is 1. The zero-order chi connectivity index (χ0) is 14.8. The van der Waals surface area contributed by atoms with Gasteiger partial charge < -0.3 is 15.2 Å². The molecule has 1 heterocycles. The van der Waals surface area contributed by atoms with Crippen LogP contribution in [0, 0.1) is 6.92 Å². The lowest BCUT2D eigenvalue weighted by atomic mass is 10.1. The predicted octanol–water partition coefficient (Wildman–Crippen LogP) is 3.20. The molecule has 1 amide bonds. The fourth-order valence-electron chi connectivity index (χ4n) is 2.18. The maximum absolute atomic E-state index is 11.3. The average molecular weight is 281 g/mol. The summed E-state index contributed by atoms with van der Waals surface area (Å²) >= 11 is 0. The molecule has 106 valence electrons. The molecule has 0 saturated carbocycles. The second kappa shape index (κ2) is 5.32. The average Bonchev–Trinajstić information content (AvgIpc) is 2.48. The summed E-state index contributed by atoms with van der Waals surface area (Å²) in [6.45, 7) is 1.92. The number of carbonyl (C=O) groups excluding carboxylic acids is 1. The highest BCUT2D eigenvalue weighted by atomic mass is 16.5. The van der Waals surface area contributed by atoms with Crippen molar-refractivity contribution in [2.24, 2.45) is 0 Å². The molecule has 3 rings (SSSR count). The summed E-state index contributed by atoms with van der Waals surface area (Å²) in [6, 6.07) is 11.1. The summed E-state index contributed by atoms with van der Waals surface area (Å²) in [4.78, 5) is 11.3. The van der Waals surface area contributed by atoms with Gasteiger partial charge in [0.2, 0.25) is 0 Å². The zero-order valence-electron chi connectivity index (χ0n) is 11.6. The number of amides is 1. The third-order valence-electron chi connectivity index (χ3n) is 3.33. The number of aryl methyl sites for hydroxylation is 1. The van der Waals surface area contributed by atoms with Crippen molar-refractivity contribution in [2.75, 3.05) is 11.9 Å². The number of rotatable bonds is 2. The van der Waals surface area contributed by atoms with Crippen molar-refractivity contribution >= 4 is 23.7 Å². The second-order valence-corrected chi connectivity index (χ2v) is 4.97. The molecular weight excluding hydrogens is 266 g/mol. The minimum Gasteiger partial charge on any atom is -0.508 e. The number of hydrogen-bond donors (Lipinski definition) is 2. The summed E-state index contributed by atoms with van der Waals surface area (Å²) in [5.74, 6) is 0.839. The van der Waals surface area contributed by atoms with E-state index in [0.717, 1.165) is 16.7 Å². The van der Waals surface area contributed by atoms with Gasteiger partial charge in [0.1, 0.15) is 11.5 Å². The number of benzene rings is 2. The molecule has 0 bridgehead atoms. The summed E-state index contributed by atoms with van der Waals surface area (Å²) in [5.41, 5.74) is 3.49. The Labute approximate surface area is 122 Å². The minimum absolute atomic E-state index is 0.0645. The first kappa shape index (κ1) is 13.2. The molecule has 0 fully saturated rings. The van der Waals surface area contributed by atoms with Crippen molar-refractivity contribution in [2.45, 2.75) is 6.92 Å². The number of phenols is 1. The molecule has 0 atom stereocenters. The molecule has 0 spiro atoms. The first-order valence-corrected chi connectivity index (χ1v) is 6.66. The second-order valence-electron chi connectivity index (χ2n) is 4.97. The largest absolute Gasteiger partial charge is 0.508 e. The van der Waals surface area contributed by atoms with E-state index in [1.807, 2.05) is 49.4 Å². The third-order valence-corrected chi connectivity index (χ3v) is 3.33. The van der Waals surface area contributed by atoms with Crippen LogP contribution in [-0.2, 0) is 4.79 Å². The quantitative estimate of drug-likeness (QED) is 0.831. The lowest BCUT2D eigenvalue weighted by molar-refractivity contribution is -0.118. The summed E-state index contributed by atoms with van der Waals surface area (Å²) in [7, 11) is 0. The van der Waals surface area contributed by atoms with E-state index in [0.29, 0.717) is 17.2 Å². The van der Waals surface area contributed by atoms with E-state index < -0.39 is 0 Å². The molecule has 0 saturated heterocycles. The van der Waals surface area contributed by atoms with Gasteiger partial charge in [0.15, 0.2) is 6.61 Å². The minimum atomic E-state index is -0.141. The van der Waals surface area contributed by atoms with Gasteiger partial charge in [-0.15, -0.1) is 0 Å². The van der Waals surface area contributed by atoms with E-state index in [4.69, 9.17) is 4.74 Å². The molecule has 0 unspecified atom stereocenters. The Bertz CT molecular complexity index is 735. The lowest BCUT2D eigenvalue weighted by Gasteiger charge is -2.17. The molecule has 0 aliphatic carbocycles. The fraction of sp³-hybridized carbons (Fsp3) is 0.118. The lowest BCUT2D eigenvalue weighted by Crippen LogP contribution is -2.25. The predicted molar refractivity (Wildman–Crippen MR) is 82.3 cm³/mol. The SMILES string of the molecule is Cc1cc(C=Cc2ccc3c(c2)NC(=O)CO3)ccc1O. The van der Waals surface area contributed by atoms with Crippen LogP contribution in [0.5, 0.6) is 11.5 Å². The normalized spacial score (nSPS) is 13.7. The number of anilines is 1. The van der Waals surface area contributed by atoms with E-state index in [1.165, 1.54) is 0 Å². The Morgan fingerprint density at radius 1 is 1.14 bits per heavy atom. The van der Waals surface area contributed by atoms with Crippen LogP contribution >= 0.6 is 0 Å². The Morgan fingerprint density at radius 3 is 2.62 bits per heavy atom. The van der Waals surface area contributed by atoms with Gasteiger partial charge >= 0.3 is 0 Å². The van der Waals surface area contributed by atoms with Crippen LogP contribution in [0.25, 0.3) is 12.2 Å². The maximum Gasteiger partial charge on any atom is 0.262 e. The van der Waals surface area contributed by atoms with E-state index in [-0.39, 0.29) is 12.5 Å². The zero-order valence-corrected chi connectivity index (χ0v) is 11.6. The molecule has 4 heteroatoms. The molecule has 2 N–H and O–H groups in total. The molecule has 1 aliphatic heterocycles. The number of aromatic hydroxyl groups is 1. The van der Waals surface area contributed by atoms with Crippen molar-refractivity contribution in [1.29, 1.82) is 0 Å². The third kappa shape index (κ3) is 2.89. The first-order chi connectivity index (χ1) is 10.1. The standard InChI is InChI=1S/C17H15NO3/c1-11-8-12(4-6-15(11)19)2-3-13-5-7-16-14(9-13)18-17(20)10-21-16/h2-9,19H,10H2,1H3,(H,18,20). The van der Waals surface area contributed by atoms with E-state index in [1.54, 1.807) is 6.07 Å². The van der Waals surface area contributed by atoms with Gasteiger partial charge in [0.25, 0.3) is 5.91 Å². The topological polar surface area (TPSA) is 58.6 Å². The van der Waals surface area contributed by atoms with Crippen molar-refractivity contribution in [3.8, 4) is 11.5 Å². The van der Waals surface area contributed by atoms with Gasteiger partial charge in [-0.1, -0.05) is 24.3 Å². The Kier molecular flexibility index (Phi) is 3.36. The molecular formula is C17H15NO3. The van der Waals surface area contributed by atoms with Crippen molar-refractivity contribution in [1.82, 2.24) is 0 Å². The van der Waals surface area contributed by atoms with Crippen LogP contribution in [0.2, 0.25) is 0 Å². The van der Waals surface area contributed by atoms with Gasteiger partial charge in [-0.25, -0.2) is 0 Å². The molecule has 2 aromatic rings. The first-order valence-electron chi connectivity index (χ1n) is 6.66. The summed E-state index contributed by atoms with van der Waals surface area (Å²) < 4.78 is 5.32. The van der Waals surface area contributed by atoms with Crippen molar-refractivity contribution < 1.29 is 14.6 Å². The van der Waals surface area contributed by atoms with Crippen molar-refractivity contribution in [3.05, 3.63) is 53.1 Å². The molecule has 0 radical (unpaired) electrons. The number of phenolic OH excluding ortho intramolecular Hbond substituents is 1. The summed E-state index contributed by atoms with van der Waals surface area (Å²) in [6.07, 6.45) is 3.91. The van der Waals surface area contributed by atoms with Crippen LogP contribution in [0.4, 0.5) is 5.69 Å². The van der Waals surface area contributed by atoms with Crippen LogP contribution in [-0.4, -0.2) is 17.6 Å². The number of fused-ring (bicyclic) bond motifs is 1. The number of ether oxygens (including phenoxy) is 1. The van der Waals surface area contributed by atoms with Crippen LogP contribution < -0.4 is 10.1 Å². The van der Waals surface area contributed by atoms with Gasteiger partial charge in [0.05, 0.1) is 5.69 Å². The maximum atomic E-state index is 11.3. The molecule has 1 aliphatic rings. The molecule has 21 heavy (non-hydrogen) atoms. The van der Waals surface area contributed by atoms with Crippen molar-refractivity contribution in [3.63, 3.8) is 0 Å². The number of carbonyl (C=O) groups is 1. The smallest absolute Gasteiger partial charge is 0.262 e.